The highest BCUT2D eigenvalue weighted by molar-refractivity contribution is 7.12. The van der Waals surface area contributed by atoms with Gasteiger partial charge in [-0.3, -0.25) is 4.79 Å². The van der Waals surface area contributed by atoms with Crippen LogP contribution in [0.15, 0.2) is 35.7 Å². The zero-order valence-corrected chi connectivity index (χ0v) is 12.1. The number of para-hydroxylation sites is 1. The van der Waals surface area contributed by atoms with Crippen molar-refractivity contribution in [1.82, 2.24) is 5.32 Å². The van der Waals surface area contributed by atoms with Crippen molar-refractivity contribution in [1.29, 1.82) is 0 Å². The van der Waals surface area contributed by atoms with E-state index in [1.54, 1.807) is 7.11 Å². The first kappa shape index (κ1) is 13.6. The number of benzene rings is 1. The summed E-state index contributed by atoms with van der Waals surface area (Å²) in [6.07, 6.45) is 0. The lowest BCUT2D eigenvalue weighted by molar-refractivity contribution is 0.0943. The zero-order valence-electron chi connectivity index (χ0n) is 11.3. The van der Waals surface area contributed by atoms with Gasteiger partial charge in [0.15, 0.2) is 0 Å². The third kappa shape index (κ3) is 2.96. The number of thiophene rings is 1. The van der Waals surface area contributed by atoms with Gasteiger partial charge in [-0.05, 0) is 36.9 Å². The predicted molar refractivity (Wildman–Crippen MR) is 77.9 cm³/mol. The van der Waals surface area contributed by atoms with Crippen LogP contribution < -0.4 is 10.1 Å². The third-order valence-electron chi connectivity index (χ3n) is 3.02. The highest BCUT2D eigenvalue weighted by atomic mass is 32.1. The standard InChI is InChI=1S/C15H17NO2S/c1-10-8-9-19-14(10)15(17)16-11(2)12-6-4-5-7-13(12)18-3/h4-9,11H,1-3H3,(H,16,17). The average Bonchev–Trinajstić information content (AvgIpc) is 2.85. The van der Waals surface area contributed by atoms with Gasteiger partial charge in [-0.15, -0.1) is 11.3 Å². The molecule has 4 heteroatoms. The van der Waals surface area contributed by atoms with E-state index >= 15 is 0 Å². The maximum Gasteiger partial charge on any atom is 0.262 e. The molecule has 19 heavy (non-hydrogen) atoms. The molecule has 1 aromatic carbocycles. The summed E-state index contributed by atoms with van der Waals surface area (Å²) in [6.45, 7) is 3.90. The van der Waals surface area contributed by atoms with Crippen LogP contribution in [0.5, 0.6) is 5.75 Å². The zero-order chi connectivity index (χ0) is 13.8. The van der Waals surface area contributed by atoms with Crippen molar-refractivity contribution in [2.75, 3.05) is 7.11 Å². The van der Waals surface area contributed by atoms with Crippen LogP contribution in [0.4, 0.5) is 0 Å². The summed E-state index contributed by atoms with van der Waals surface area (Å²) in [4.78, 5) is 12.9. The number of carbonyl (C=O) groups excluding carboxylic acids is 1. The number of nitrogens with one attached hydrogen (secondary N) is 1. The van der Waals surface area contributed by atoms with Gasteiger partial charge in [0.05, 0.1) is 18.0 Å². The van der Waals surface area contributed by atoms with Crippen LogP contribution in [-0.4, -0.2) is 13.0 Å². The molecule has 0 spiro atoms. The Morgan fingerprint density at radius 2 is 2.05 bits per heavy atom. The summed E-state index contributed by atoms with van der Waals surface area (Å²) in [6, 6.07) is 9.58. The first-order valence-corrected chi connectivity index (χ1v) is 6.99. The molecule has 1 N–H and O–H groups in total. The van der Waals surface area contributed by atoms with Crippen molar-refractivity contribution in [3.63, 3.8) is 0 Å². The first-order chi connectivity index (χ1) is 9.13. The van der Waals surface area contributed by atoms with Gasteiger partial charge in [-0.2, -0.15) is 0 Å². The van der Waals surface area contributed by atoms with Crippen molar-refractivity contribution in [3.05, 3.63) is 51.7 Å². The van der Waals surface area contributed by atoms with E-state index < -0.39 is 0 Å². The Bertz CT molecular complexity index is 577. The van der Waals surface area contributed by atoms with Gasteiger partial charge in [-0.1, -0.05) is 18.2 Å². The fourth-order valence-electron chi connectivity index (χ4n) is 1.97. The van der Waals surface area contributed by atoms with Gasteiger partial charge < -0.3 is 10.1 Å². The SMILES string of the molecule is COc1ccccc1C(C)NC(=O)c1sccc1C. The molecule has 0 radical (unpaired) electrons. The van der Waals surface area contributed by atoms with Gasteiger partial charge in [0.2, 0.25) is 0 Å². The fraction of sp³-hybridized carbons (Fsp3) is 0.267. The minimum absolute atomic E-state index is 0.0362. The summed E-state index contributed by atoms with van der Waals surface area (Å²) >= 11 is 1.46. The molecule has 100 valence electrons. The average molecular weight is 275 g/mol. The number of methoxy groups -OCH3 is 1. The van der Waals surface area contributed by atoms with Gasteiger partial charge in [0.25, 0.3) is 5.91 Å². The Morgan fingerprint density at radius 1 is 1.32 bits per heavy atom. The molecule has 0 saturated carbocycles. The molecule has 0 saturated heterocycles. The molecule has 3 nitrogen and oxygen atoms in total. The Kier molecular flexibility index (Phi) is 4.22. The van der Waals surface area contributed by atoms with Crippen LogP contribution in [0.25, 0.3) is 0 Å². The fourth-order valence-corrected chi connectivity index (χ4v) is 2.80. The van der Waals surface area contributed by atoms with Crippen LogP contribution in [0, 0.1) is 6.92 Å². The number of hydrogen-bond donors (Lipinski definition) is 1. The van der Waals surface area contributed by atoms with Gasteiger partial charge in [0.1, 0.15) is 5.75 Å². The molecule has 0 aliphatic heterocycles. The van der Waals surface area contributed by atoms with Crippen LogP contribution in [0.1, 0.15) is 33.8 Å². The van der Waals surface area contributed by atoms with E-state index in [0.29, 0.717) is 0 Å². The lowest BCUT2D eigenvalue weighted by Crippen LogP contribution is -2.26. The van der Waals surface area contributed by atoms with E-state index in [9.17, 15) is 4.79 Å². The molecule has 1 aromatic heterocycles. The number of carbonyl (C=O) groups is 1. The quantitative estimate of drug-likeness (QED) is 0.926. The molecular weight excluding hydrogens is 258 g/mol. The number of hydrogen-bond acceptors (Lipinski definition) is 3. The van der Waals surface area contributed by atoms with Crippen LogP contribution >= 0.6 is 11.3 Å². The molecule has 2 aromatic rings. The molecule has 0 aliphatic rings. The number of rotatable bonds is 4. The van der Waals surface area contributed by atoms with Crippen molar-refractivity contribution >= 4 is 17.2 Å². The summed E-state index contributed by atoms with van der Waals surface area (Å²) < 4.78 is 5.31. The summed E-state index contributed by atoms with van der Waals surface area (Å²) in [5.74, 6) is 0.754. The molecule has 0 fully saturated rings. The number of ether oxygens (including phenoxy) is 1. The minimum atomic E-state index is -0.0925. The Labute approximate surface area is 117 Å². The predicted octanol–water partition coefficient (Wildman–Crippen LogP) is 3.56. The van der Waals surface area contributed by atoms with Crippen molar-refractivity contribution in [2.45, 2.75) is 19.9 Å². The third-order valence-corrected chi connectivity index (χ3v) is 4.04. The van der Waals surface area contributed by atoms with E-state index in [1.165, 1.54) is 11.3 Å². The maximum absolute atomic E-state index is 12.2. The molecule has 1 unspecified atom stereocenters. The topological polar surface area (TPSA) is 38.3 Å². The Balaban J connectivity index is 2.15. The monoisotopic (exact) mass is 275 g/mol. The van der Waals surface area contributed by atoms with Crippen molar-refractivity contribution in [2.24, 2.45) is 0 Å². The minimum Gasteiger partial charge on any atom is -0.496 e. The van der Waals surface area contributed by atoms with E-state index in [-0.39, 0.29) is 11.9 Å². The van der Waals surface area contributed by atoms with Crippen LogP contribution in [-0.2, 0) is 0 Å². The molecule has 0 aliphatic carbocycles. The molecule has 1 atom stereocenters. The second-order valence-corrected chi connectivity index (χ2v) is 5.29. The lowest BCUT2D eigenvalue weighted by Gasteiger charge is -2.17. The van der Waals surface area contributed by atoms with Crippen LogP contribution in [0.2, 0.25) is 0 Å². The van der Waals surface area contributed by atoms with E-state index in [2.05, 4.69) is 5.32 Å². The molecule has 1 heterocycles. The van der Waals surface area contributed by atoms with Gasteiger partial charge >= 0.3 is 0 Å². The molecule has 1 amide bonds. The number of aryl methyl sites for hydroxylation is 1. The van der Waals surface area contributed by atoms with Crippen molar-refractivity contribution < 1.29 is 9.53 Å². The lowest BCUT2D eigenvalue weighted by atomic mass is 10.1. The Morgan fingerprint density at radius 3 is 2.68 bits per heavy atom. The van der Waals surface area contributed by atoms with Crippen molar-refractivity contribution in [3.8, 4) is 5.75 Å². The number of amides is 1. The summed E-state index contributed by atoms with van der Waals surface area (Å²) in [7, 11) is 1.64. The Hall–Kier alpha value is -1.81. The highest BCUT2D eigenvalue weighted by Crippen LogP contribution is 2.25. The highest BCUT2D eigenvalue weighted by Gasteiger charge is 2.16. The maximum atomic E-state index is 12.2. The van der Waals surface area contributed by atoms with Crippen LogP contribution in [0.3, 0.4) is 0 Å². The smallest absolute Gasteiger partial charge is 0.262 e. The van der Waals surface area contributed by atoms with Gasteiger partial charge in [0, 0.05) is 5.56 Å². The summed E-state index contributed by atoms with van der Waals surface area (Å²) in [5.41, 5.74) is 1.99. The molecule has 2 rings (SSSR count). The molecular formula is C15H17NO2S. The second kappa shape index (κ2) is 5.89. The summed E-state index contributed by atoms with van der Waals surface area (Å²) in [5, 5.41) is 4.93. The van der Waals surface area contributed by atoms with E-state index in [4.69, 9.17) is 4.74 Å². The second-order valence-electron chi connectivity index (χ2n) is 4.37. The van der Waals surface area contributed by atoms with E-state index in [0.717, 1.165) is 21.8 Å². The normalized spacial score (nSPS) is 11.9. The first-order valence-electron chi connectivity index (χ1n) is 6.11. The largest absolute Gasteiger partial charge is 0.496 e. The molecule has 0 bridgehead atoms. The van der Waals surface area contributed by atoms with E-state index in [1.807, 2.05) is 49.6 Å². The van der Waals surface area contributed by atoms with Gasteiger partial charge in [-0.25, -0.2) is 0 Å².